The molecule has 0 spiro atoms. The van der Waals surface area contributed by atoms with E-state index in [1.54, 1.807) is 84.9 Å². The number of hydrogen-bond donors (Lipinski definition) is 4. The smallest absolute Gasteiger partial charge is 0.414 e. The molecule has 0 aliphatic carbocycles. The number of imide groups is 1. The van der Waals surface area contributed by atoms with Crippen molar-refractivity contribution in [2.45, 2.75) is 32.0 Å². The van der Waals surface area contributed by atoms with Crippen molar-refractivity contribution in [3.8, 4) is 5.75 Å². The second-order valence-corrected chi connectivity index (χ2v) is 8.84. The van der Waals surface area contributed by atoms with Gasteiger partial charge in [-0.25, -0.2) is 4.79 Å². The highest BCUT2D eigenvalue weighted by molar-refractivity contribution is 6.03. The van der Waals surface area contributed by atoms with Crippen molar-refractivity contribution < 1.29 is 33.7 Å². The van der Waals surface area contributed by atoms with Gasteiger partial charge in [-0.15, -0.1) is 0 Å². The third-order valence-electron chi connectivity index (χ3n) is 5.88. The number of nitrogens with two attached hydrogens (primary N) is 1. The largest absolute Gasteiger partial charge is 0.491 e. The Hall–Kier alpha value is -4.67. The van der Waals surface area contributed by atoms with Crippen molar-refractivity contribution in [2.24, 2.45) is 0 Å². The van der Waals surface area contributed by atoms with Gasteiger partial charge in [0.2, 0.25) is 5.91 Å². The zero-order chi connectivity index (χ0) is 29.5. The Bertz CT molecular complexity index is 1300. The highest BCUT2D eigenvalue weighted by Crippen LogP contribution is 2.29. The summed E-state index contributed by atoms with van der Waals surface area (Å²) in [5.74, 6) is -0.393. The number of hydrogen-bond acceptors (Lipinski definition) is 8. The SMILES string of the molecule is CCO[C@@H](CC/C=C/C(=O)Nc1ccccc1N)[C@@H](OC(=O)NC(=O)c1ccccc1)c1ccc(OCCO)cc1. The minimum atomic E-state index is -0.926. The summed E-state index contributed by atoms with van der Waals surface area (Å²) in [6, 6.07) is 22.1. The van der Waals surface area contributed by atoms with Crippen LogP contribution in [0, 0.1) is 0 Å². The lowest BCUT2D eigenvalue weighted by Crippen LogP contribution is -2.35. The lowest BCUT2D eigenvalue weighted by Gasteiger charge is -2.27. The molecule has 10 heteroatoms. The van der Waals surface area contributed by atoms with Crippen molar-refractivity contribution in [1.29, 1.82) is 0 Å². The second kappa shape index (κ2) is 16.4. The lowest BCUT2D eigenvalue weighted by molar-refractivity contribution is -0.111. The second-order valence-electron chi connectivity index (χ2n) is 8.84. The molecular weight excluding hydrogens is 526 g/mol. The number of nitrogens with one attached hydrogen (secondary N) is 2. The minimum Gasteiger partial charge on any atom is -0.491 e. The summed E-state index contributed by atoms with van der Waals surface area (Å²) in [7, 11) is 0. The van der Waals surface area contributed by atoms with Crippen LogP contribution in [0.2, 0.25) is 0 Å². The van der Waals surface area contributed by atoms with E-state index in [9.17, 15) is 14.4 Å². The first kappa shape index (κ1) is 30.9. The molecule has 0 aliphatic rings. The van der Waals surface area contributed by atoms with Crippen molar-refractivity contribution in [2.75, 3.05) is 30.9 Å². The van der Waals surface area contributed by atoms with Gasteiger partial charge in [-0.05, 0) is 67.8 Å². The van der Waals surface area contributed by atoms with Gasteiger partial charge in [-0.3, -0.25) is 14.9 Å². The molecule has 3 aromatic carbocycles. The predicted molar refractivity (Wildman–Crippen MR) is 155 cm³/mol. The molecule has 0 radical (unpaired) electrons. The van der Waals surface area contributed by atoms with Gasteiger partial charge in [0.1, 0.15) is 12.4 Å². The number of aliphatic hydroxyl groups excluding tert-OH is 1. The average Bonchev–Trinajstić information content (AvgIpc) is 2.98. The van der Waals surface area contributed by atoms with E-state index in [0.29, 0.717) is 47.7 Å². The molecule has 3 aromatic rings. The summed E-state index contributed by atoms with van der Waals surface area (Å²) in [6.45, 7) is 2.17. The van der Waals surface area contributed by atoms with Gasteiger partial charge in [0.25, 0.3) is 5.91 Å². The number of para-hydroxylation sites is 2. The average molecular weight is 562 g/mol. The number of anilines is 2. The number of nitrogen functional groups attached to an aromatic ring is 1. The number of carbonyl (C=O) groups is 3. The monoisotopic (exact) mass is 561 g/mol. The Morgan fingerprint density at radius 1 is 0.976 bits per heavy atom. The van der Waals surface area contributed by atoms with Crippen molar-refractivity contribution in [3.05, 3.63) is 102 Å². The summed E-state index contributed by atoms with van der Waals surface area (Å²) in [5.41, 5.74) is 7.79. The third-order valence-corrected chi connectivity index (χ3v) is 5.88. The number of aliphatic hydroxyl groups is 1. The fraction of sp³-hybridized carbons (Fsp3) is 0.258. The van der Waals surface area contributed by atoms with E-state index in [4.69, 9.17) is 25.1 Å². The Labute approximate surface area is 239 Å². The van der Waals surface area contributed by atoms with E-state index in [1.165, 1.54) is 6.08 Å². The van der Waals surface area contributed by atoms with Gasteiger partial charge in [0, 0.05) is 12.2 Å². The maximum absolute atomic E-state index is 12.8. The molecule has 0 bridgehead atoms. The van der Waals surface area contributed by atoms with Gasteiger partial charge < -0.3 is 30.4 Å². The van der Waals surface area contributed by atoms with E-state index in [0.717, 1.165) is 0 Å². The van der Waals surface area contributed by atoms with E-state index in [-0.39, 0.29) is 19.1 Å². The molecule has 41 heavy (non-hydrogen) atoms. The standard InChI is InChI=1S/C31H35N3O7/c1-2-39-27(14-8-9-15-28(36)33-26-13-7-6-12-25(26)32)29(22-16-18-24(19-17-22)40-21-20-35)41-31(38)34-30(37)23-10-4-3-5-11-23/h3-7,9-13,15-19,27,29,35H,2,8,14,20-21,32H2,1H3,(H,33,36)(H,34,37,38)/b15-9+/t27-,29-/m0/s1. The molecule has 0 heterocycles. The van der Waals surface area contributed by atoms with Crippen molar-refractivity contribution in [3.63, 3.8) is 0 Å². The Morgan fingerprint density at radius 2 is 1.68 bits per heavy atom. The van der Waals surface area contributed by atoms with Crippen molar-refractivity contribution in [1.82, 2.24) is 5.32 Å². The third kappa shape index (κ3) is 10.1. The highest BCUT2D eigenvalue weighted by atomic mass is 16.6. The summed E-state index contributed by atoms with van der Waals surface area (Å²) >= 11 is 0. The van der Waals surface area contributed by atoms with Gasteiger partial charge >= 0.3 is 6.09 Å². The van der Waals surface area contributed by atoms with Crippen LogP contribution in [-0.2, 0) is 14.3 Å². The molecule has 3 rings (SSSR count). The first-order valence-electron chi connectivity index (χ1n) is 13.3. The summed E-state index contributed by atoms with van der Waals surface area (Å²) < 4.78 is 17.1. The molecule has 0 saturated heterocycles. The fourth-order valence-corrected chi connectivity index (χ4v) is 3.95. The molecule has 0 fully saturated rings. The molecule has 216 valence electrons. The Morgan fingerprint density at radius 3 is 2.37 bits per heavy atom. The van der Waals surface area contributed by atoms with Crippen LogP contribution in [0.15, 0.2) is 91.0 Å². The quantitative estimate of drug-likeness (QED) is 0.164. The molecule has 10 nitrogen and oxygen atoms in total. The molecule has 0 aromatic heterocycles. The summed E-state index contributed by atoms with van der Waals surface area (Å²) in [5, 5.41) is 14.0. The molecule has 3 amide bonds. The van der Waals surface area contributed by atoms with Gasteiger partial charge in [-0.1, -0.05) is 48.5 Å². The summed E-state index contributed by atoms with van der Waals surface area (Å²) in [6.07, 6.45) is 1.54. The van der Waals surface area contributed by atoms with Crippen LogP contribution in [-0.4, -0.2) is 48.9 Å². The first-order valence-corrected chi connectivity index (χ1v) is 13.3. The van der Waals surface area contributed by atoms with E-state index >= 15 is 0 Å². The van der Waals surface area contributed by atoms with Crippen LogP contribution >= 0.6 is 0 Å². The van der Waals surface area contributed by atoms with Crippen molar-refractivity contribution >= 4 is 29.3 Å². The van der Waals surface area contributed by atoms with Crippen LogP contribution < -0.4 is 21.1 Å². The minimum absolute atomic E-state index is 0.125. The number of carbonyl (C=O) groups excluding carboxylic acids is 3. The molecule has 0 aliphatic heterocycles. The molecule has 0 saturated carbocycles. The van der Waals surface area contributed by atoms with E-state index in [2.05, 4.69) is 10.6 Å². The predicted octanol–water partition coefficient (Wildman–Crippen LogP) is 4.63. The molecule has 0 unspecified atom stereocenters. The van der Waals surface area contributed by atoms with Crippen LogP contribution in [0.5, 0.6) is 5.75 Å². The number of rotatable bonds is 14. The van der Waals surface area contributed by atoms with Crippen LogP contribution in [0.4, 0.5) is 16.2 Å². The first-order chi connectivity index (χ1) is 19.9. The topological polar surface area (TPSA) is 149 Å². The number of ether oxygens (including phenoxy) is 3. The Balaban J connectivity index is 1.71. The van der Waals surface area contributed by atoms with Gasteiger partial charge in [0.15, 0.2) is 6.10 Å². The number of alkyl carbamates (subject to hydrolysis) is 1. The number of amides is 3. The van der Waals surface area contributed by atoms with Gasteiger partial charge in [0.05, 0.1) is 24.1 Å². The zero-order valence-electron chi connectivity index (χ0n) is 22.8. The normalized spacial score (nSPS) is 12.3. The van der Waals surface area contributed by atoms with E-state index < -0.39 is 24.2 Å². The van der Waals surface area contributed by atoms with Crippen LogP contribution in [0.1, 0.15) is 41.8 Å². The zero-order valence-corrected chi connectivity index (χ0v) is 22.8. The van der Waals surface area contributed by atoms with Gasteiger partial charge in [-0.2, -0.15) is 0 Å². The molecular formula is C31H35N3O7. The van der Waals surface area contributed by atoms with E-state index in [1.807, 2.05) is 6.92 Å². The molecule has 2 atom stereocenters. The number of allylic oxidation sites excluding steroid dienone is 1. The lowest BCUT2D eigenvalue weighted by atomic mass is 10.00. The maximum Gasteiger partial charge on any atom is 0.414 e. The Kier molecular flexibility index (Phi) is 12.4. The highest BCUT2D eigenvalue weighted by Gasteiger charge is 2.28. The molecule has 5 N–H and O–H groups in total. The summed E-state index contributed by atoms with van der Waals surface area (Å²) in [4.78, 5) is 37.7. The van der Waals surface area contributed by atoms with Crippen LogP contribution in [0.3, 0.4) is 0 Å². The number of benzene rings is 3. The maximum atomic E-state index is 12.8. The van der Waals surface area contributed by atoms with Crippen LogP contribution in [0.25, 0.3) is 0 Å². The fourth-order valence-electron chi connectivity index (χ4n) is 3.95.